The molecule has 0 aromatic heterocycles. The van der Waals surface area contributed by atoms with Gasteiger partial charge in [0.15, 0.2) is 17.3 Å². The van der Waals surface area contributed by atoms with Gasteiger partial charge in [0.05, 0.1) is 19.1 Å². The highest BCUT2D eigenvalue weighted by Gasteiger charge is 2.24. The lowest BCUT2D eigenvalue weighted by atomic mass is 10.1. The molecule has 1 aliphatic rings. The minimum absolute atomic E-state index is 0.200. The van der Waals surface area contributed by atoms with E-state index in [2.05, 4.69) is 5.32 Å². The van der Waals surface area contributed by atoms with Crippen LogP contribution >= 0.6 is 0 Å². The predicted octanol–water partition coefficient (Wildman–Crippen LogP) is 4.08. The van der Waals surface area contributed by atoms with E-state index in [0.29, 0.717) is 35.8 Å². The van der Waals surface area contributed by atoms with Gasteiger partial charge >= 0.3 is 0 Å². The van der Waals surface area contributed by atoms with Gasteiger partial charge in [-0.2, -0.15) is 4.31 Å². The summed E-state index contributed by atoms with van der Waals surface area (Å²) < 4.78 is 37.6. The smallest absolute Gasteiger partial charge is 0.243 e. The van der Waals surface area contributed by atoms with E-state index in [1.807, 2.05) is 0 Å². The second-order valence-electron chi connectivity index (χ2n) is 7.25. The highest BCUT2D eigenvalue weighted by atomic mass is 32.2. The molecule has 0 spiro atoms. The summed E-state index contributed by atoms with van der Waals surface area (Å²) in [7, 11) is -0.424. The van der Waals surface area contributed by atoms with Gasteiger partial charge in [0.2, 0.25) is 10.0 Å². The lowest BCUT2D eigenvalue weighted by Gasteiger charge is -2.20. The van der Waals surface area contributed by atoms with Crippen LogP contribution in [0.15, 0.2) is 59.6 Å². The summed E-state index contributed by atoms with van der Waals surface area (Å²) in [6.07, 6.45) is 6.88. The fourth-order valence-corrected chi connectivity index (χ4v) is 4.97. The van der Waals surface area contributed by atoms with Crippen molar-refractivity contribution in [2.45, 2.75) is 30.6 Å². The third-order valence-electron chi connectivity index (χ3n) is 5.21. The Morgan fingerprint density at radius 3 is 2.19 bits per heavy atom. The first-order chi connectivity index (χ1) is 15.0. The van der Waals surface area contributed by atoms with E-state index >= 15 is 0 Å². The number of ether oxygens (including phenoxy) is 2. The molecule has 3 rings (SSSR count). The fourth-order valence-electron chi connectivity index (χ4n) is 3.45. The summed E-state index contributed by atoms with van der Waals surface area (Å²) in [5, 5.41) is 3.00. The van der Waals surface area contributed by atoms with Crippen LogP contribution in [0.5, 0.6) is 11.5 Å². The number of hydrogen-bond donors (Lipinski definition) is 1. The summed E-state index contributed by atoms with van der Waals surface area (Å²) in [5.74, 6) is 0.834. The highest BCUT2D eigenvalue weighted by Crippen LogP contribution is 2.28. The van der Waals surface area contributed by atoms with E-state index in [4.69, 9.17) is 9.47 Å². The van der Waals surface area contributed by atoms with Crippen molar-refractivity contribution in [3.8, 4) is 11.5 Å². The zero-order valence-electron chi connectivity index (χ0n) is 17.8. The second-order valence-corrected chi connectivity index (χ2v) is 9.19. The van der Waals surface area contributed by atoms with Crippen molar-refractivity contribution in [3.63, 3.8) is 0 Å². The summed E-state index contributed by atoms with van der Waals surface area (Å²) in [5.41, 5.74) is 1.15. The number of nitrogens with zero attached hydrogens (tertiary/aromatic N) is 1. The first kappa shape index (κ1) is 22.8. The predicted molar refractivity (Wildman–Crippen MR) is 120 cm³/mol. The maximum absolute atomic E-state index is 12.8. The van der Waals surface area contributed by atoms with Crippen LogP contribution in [-0.2, 0) is 10.0 Å². The molecule has 1 heterocycles. The Morgan fingerprint density at radius 2 is 1.58 bits per heavy atom. The van der Waals surface area contributed by atoms with Gasteiger partial charge in [-0.3, -0.25) is 4.79 Å². The lowest BCUT2D eigenvalue weighted by Crippen LogP contribution is -2.31. The second kappa shape index (κ2) is 10.5. The van der Waals surface area contributed by atoms with Crippen molar-refractivity contribution in [2.24, 2.45) is 0 Å². The van der Waals surface area contributed by atoms with Crippen LogP contribution in [0.3, 0.4) is 0 Å². The van der Waals surface area contributed by atoms with Crippen LogP contribution in [0.1, 0.15) is 36.0 Å². The average molecular weight is 445 g/mol. The molecule has 0 unspecified atom stereocenters. The fraction of sp³-hybridized carbons (Fsp3) is 0.348. The normalized spacial score (nSPS) is 15.4. The molecule has 2 aromatic rings. The zero-order valence-corrected chi connectivity index (χ0v) is 18.7. The lowest BCUT2D eigenvalue weighted by molar-refractivity contribution is 0.104. The number of nitrogens with one attached hydrogen (secondary N) is 1. The molecule has 1 aliphatic heterocycles. The number of carbonyl (C=O) groups is 1. The van der Waals surface area contributed by atoms with Crippen molar-refractivity contribution >= 4 is 21.5 Å². The average Bonchev–Trinajstić information content (AvgIpc) is 3.09. The molecule has 0 atom stereocenters. The Labute approximate surface area is 183 Å². The number of ketones is 1. The molecule has 1 N–H and O–H groups in total. The van der Waals surface area contributed by atoms with Gasteiger partial charge in [-0.15, -0.1) is 0 Å². The van der Waals surface area contributed by atoms with E-state index in [1.165, 1.54) is 26.5 Å². The SMILES string of the molecule is COc1ccc(C(=O)/C=C/Nc2ccc(S(=O)(=O)N3CCCCCC3)cc2)cc1OC. The number of carbonyl (C=O) groups excluding carboxylic acids is 1. The van der Waals surface area contributed by atoms with Gasteiger partial charge in [-0.25, -0.2) is 8.42 Å². The summed E-state index contributed by atoms with van der Waals surface area (Å²) >= 11 is 0. The number of allylic oxidation sites excluding steroid dienone is 1. The summed E-state index contributed by atoms with van der Waals surface area (Å²) in [6.45, 7) is 1.15. The van der Waals surface area contributed by atoms with E-state index in [9.17, 15) is 13.2 Å². The molecule has 0 radical (unpaired) electrons. The van der Waals surface area contributed by atoms with Crippen molar-refractivity contribution in [2.75, 3.05) is 32.6 Å². The van der Waals surface area contributed by atoms with Crippen LogP contribution in [0.2, 0.25) is 0 Å². The quantitative estimate of drug-likeness (QED) is 0.488. The standard InChI is InChI=1S/C23H28N2O5S/c1-29-22-12-7-18(17-23(22)30-2)21(26)13-14-24-19-8-10-20(11-9-19)31(27,28)25-15-5-3-4-6-16-25/h7-14,17,24H,3-6,15-16H2,1-2H3/b14-13+. The largest absolute Gasteiger partial charge is 0.493 e. The van der Waals surface area contributed by atoms with Gasteiger partial charge in [0, 0.05) is 36.6 Å². The molecule has 1 fully saturated rings. The number of rotatable bonds is 8. The molecular formula is C23H28N2O5S. The Balaban J connectivity index is 1.63. The third-order valence-corrected chi connectivity index (χ3v) is 7.12. The molecule has 0 aliphatic carbocycles. The first-order valence-corrected chi connectivity index (χ1v) is 11.7. The minimum atomic E-state index is -3.47. The van der Waals surface area contributed by atoms with Crippen LogP contribution < -0.4 is 14.8 Å². The van der Waals surface area contributed by atoms with Gasteiger partial charge in [0.1, 0.15) is 0 Å². The van der Waals surface area contributed by atoms with Gasteiger partial charge in [-0.1, -0.05) is 12.8 Å². The Morgan fingerprint density at radius 1 is 0.935 bits per heavy atom. The van der Waals surface area contributed by atoms with E-state index in [1.54, 1.807) is 46.8 Å². The van der Waals surface area contributed by atoms with Crippen LogP contribution in [-0.4, -0.2) is 45.8 Å². The van der Waals surface area contributed by atoms with Crippen LogP contribution in [0.4, 0.5) is 5.69 Å². The van der Waals surface area contributed by atoms with Gasteiger partial charge < -0.3 is 14.8 Å². The van der Waals surface area contributed by atoms with E-state index in [-0.39, 0.29) is 10.7 Å². The molecule has 2 aromatic carbocycles. The molecule has 1 saturated heterocycles. The molecule has 0 bridgehead atoms. The summed E-state index contributed by atoms with van der Waals surface area (Å²) in [6, 6.07) is 11.5. The first-order valence-electron chi connectivity index (χ1n) is 10.3. The molecule has 31 heavy (non-hydrogen) atoms. The van der Waals surface area contributed by atoms with Gasteiger partial charge in [0.25, 0.3) is 0 Å². The monoisotopic (exact) mass is 444 g/mol. The number of hydrogen-bond acceptors (Lipinski definition) is 6. The van der Waals surface area contributed by atoms with Crippen molar-refractivity contribution in [1.29, 1.82) is 0 Å². The number of sulfonamides is 1. The molecular weight excluding hydrogens is 416 g/mol. The molecule has 166 valence electrons. The third kappa shape index (κ3) is 5.65. The number of anilines is 1. The van der Waals surface area contributed by atoms with Crippen molar-refractivity contribution in [3.05, 3.63) is 60.3 Å². The van der Waals surface area contributed by atoms with E-state index < -0.39 is 10.0 Å². The van der Waals surface area contributed by atoms with E-state index in [0.717, 1.165) is 25.7 Å². The molecule has 7 nitrogen and oxygen atoms in total. The van der Waals surface area contributed by atoms with Crippen LogP contribution in [0, 0.1) is 0 Å². The van der Waals surface area contributed by atoms with Crippen LogP contribution in [0.25, 0.3) is 0 Å². The Bertz CT molecular complexity index is 1020. The summed E-state index contributed by atoms with van der Waals surface area (Å²) in [4.78, 5) is 12.7. The minimum Gasteiger partial charge on any atom is -0.493 e. The molecule has 0 saturated carbocycles. The Kier molecular flexibility index (Phi) is 7.70. The Hall–Kier alpha value is -2.84. The number of benzene rings is 2. The topological polar surface area (TPSA) is 84.9 Å². The van der Waals surface area contributed by atoms with Crippen molar-refractivity contribution < 1.29 is 22.7 Å². The van der Waals surface area contributed by atoms with Gasteiger partial charge in [-0.05, 0) is 55.3 Å². The molecule has 0 amide bonds. The maximum Gasteiger partial charge on any atom is 0.243 e. The zero-order chi connectivity index (χ0) is 22.3. The molecule has 8 heteroatoms. The number of methoxy groups -OCH3 is 2. The van der Waals surface area contributed by atoms with Crippen molar-refractivity contribution in [1.82, 2.24) is 4.31 Å². The maximum atomic E-state index is 12.8. The highest BCUT2D eigenvalue weighted by molar-refractivity contribution is 7.89.